The molecule has 3 rings (SSSR count). The molecule has 0 aliphatic carbocycles. The molecule has 1 amide bonds. The van der Waals surface area contributed by atoms with E-state index in [9.17, 15) is 4.79 Å². The zero-order chi connectivity index (χ0) is 17.8. The predicted molar refractivity (Wildman–Crippen MR) is 91.8 cm³/mol. The first kappa shape index (κ1) is 17.6. The van der Waals surface area contributed by atoms with E-state index >= 15 is 0 Å². The molecule has 2 aromatic rings. The quantitative estimate of drug-likeness (QED) is 0.890. The van der Waals surface area contributed by atoms with Crippen LogP contribution < -0.4 is 5.32 Å². The number of ether oxygens (including phenoxy) is 1. The summed E-state index contributed by atoms with van der Waals surface area (Å²) in [5.41, 5.74) is 2.29. The molecular weight excluding hydrogens is 320 g/mol. The van der Waals surface area contributed by atoms with Crippen LogP contribution in [0.2, 0.25) is 0 Å². The first-order valence-corrected chi connectivity index (χ1v) is 8.51. The Kier molecular flexibility index (Phi) is 5.45. The Labute approximate surface area is 147 Å². The maximum atomic E-state index is 12.4. The van der Waals surface area contributed by atoms with Gasteiger partial charge in [0.25, 0.3) is 0 Å². The van der Waals surface area contributed by atoms with Gasteiger partial charge in [-0.15, -0.1) is 0 Å². The van der Waals surface area contributed by atoms with Crippen molar-refractivity contribution in [2.75, 3.05) is 19.7 Å². The number of carbonyl (C=O) groups excluding carboxylic acids is 1. The van der Waals surface area contributed by atoms with Gasteiger partial charge < -0.3 is 14.6 Å². The molecule has 1 fully saturated rings. The first-order valence-electron chi connectivity index (χ1n) is 8.51. The van der Waals surface area contributed by atoms with Crippen LogP contribution in [-0.4, -0.2) is 46.7 Å². The molecule has 1 aliphatic rings. The van der Waals surface area contributed by atoms with Crippen LogP contribution >= 0.6 is 0 Å². The molecule has 2 heterocycles. The summed E-state index contributed by atoms with van der Waals surface area (Å²) in [4.78, 5) is 18.8. The number of benzene rings is 1. The number of hydrogen-bond acceptors (Lipinski definition) is 6. The summed E-state index contributed by atoms with van der Waals surface area (Å²) in [7, 11) is 0. The molecule has 0 unspecified atom stereocenters. The van der Waals surface area contributed by atoms with Gasteiger partial charge in [0, 0.05) is 13.1 Å². The lowest BCUT2D eigenvalue weighted by Gasteiger charge is -2.37. The molecule has 0 bridgehead atoms. The number of nitrogens with one attached hydrogen (secondary N) is 1. The fourth-order valence-electron chi connectivity index (χ4n) is 3.09. The van der Waals surface area contributed by atoms with E-state index < -0.39 is 0 Å². The summed E-state index contributed by atoms with van der Waals surface area (Å²) in [5, 5.41) is 6.85. The summed E-state index contributed by atoms with van der Waals surface area (Å²) in [6.07, 6.45) is -0.113. The number of aromatic nitrogens is 2. The van der Waals surface area contributed by atoms with Crippen LogP contribution in [-0.2, 0) is 16.1 Å². The number of carbonyl (C=O) groups is 1. The van der Waals surface area contributed by atoms with Crippen molar-refractivity contribution in [3.8, 4) is 0 Å². The van der Waals surface area contributed by atoms with Gasteiger partial charge in [0.15, 0.2) is 5.82 Å². The minimum absolute atomic E-state index is 0.0291. The maximum Gasteiger partial charge on any atom is 0.246 e. The summed E-state index contributed by atoms with van der Waals surface area (Å²) in [6.45, 7) is 7.80. The highest BCUT2D eigenvalue weighted by atomic mass is 16.5. The molecule has 2 atom stereocenters. The average molecular weight is 344 g/mol. The first-order chi connectivity index (χ1) is 12.0. The average Bonchev–Trinajstić information content (AvgIpc) is 3.00. The van der Waals surface area contributed by atoms with E-state index in [2.05, 4.69) is 15.5 Å². The molecule has 1 aromatic carbocycles. The molecule has 0 spiro atoms. The summed E-state index contributed by atoms with van der Waals surface area (Å²) in [6, 6.07) is 7.83. The predicted octanol–water partition coefficient (Wildman–Crippen LogP) is 1.76. The highest BCUT2D eigenvalue weighted by Crippen LogP contribution is 2.27. The van der Waals surface area contributed by atoms with Gasteiger partial charge in [-0.25, -0.2) is 0 Å². The van der Waals surface area contributed by atoms with Crippen LogP contribution in [0.25, 0.3) is 0 Å². The smallest absolute Gasteiger partial charge is 0.246 e. The zero-order valence-corrected chi connectivity index (χ0v) is 14.9. The van der Waals surface area contributed by atoms with E-state index in [4.69, 9.17) is 9.26 Å². The van der Waals surface area contributed by atoms with Crippen LogP contribution in [0, 0.1) is 13.8 Å². The van der Waals surface area contributed by atoms with Crippen molar-refractivity contribution in [2.24, 2.45) is 0 Å². The van der Waals surface area contributed by atoms with Gasteiger partial charge in [-0.1, -0.05) is 29.4 Å². The third-order valence-corrected chi connectivity index (χ3v) is 4.48. The van der Waals surface area contributed by atoms with E-state index in [1.165, 1.54) is 5.56 Å². The number of morpholine rings is 1. The Morgan fingerprint density at radius 2 is 2.16 bits per heavy atom. The van der Waals surface area contributed by atoms with E-state index in [0.29, 0.717) is 31.4 Å². The van der Waals surface area contributed by atoms with E-state index in [0.717, 1.165) is 5.56 Å². The van der Waals surface area contributed by atoms with Crippen molar-refractivity contribution in [1.82, 2.24) is 20.4 Å². The van der Waals surface area contributed by atoms with Gasteiger partial charge in [0.05, 0.1) is 19.3 Å². The zero-order valence-electron chi connectivity index (χ0n) is 14.9. The molecule has 1 aromatic heterocycles. The Bertz CT molecular complexity index is 731. The van der Waals surface area contributed by atoms with Gasteiger partial charge in [0.2, 0.25) is 11.8 Å². The molecule has 1 aliphatic heterocycles. The van der Waals surface area contributed by atoms with E-state index in [1.807, 2.05) is 43.0 Å². The van der Waals surface area contributed by atoms with Crippen molar-refractivity contribution in [1.29, 1.82) is 0 Å². The number of hydrogen-bond donors (Lipinski definition) is 1. The molecule has 7 nitrogen and oxygen atoms in total. The van der Waals surface area contributed by atoms with Crippen LogP contribution in [0.3, 0.4) is 0 Å². The second-order valence-electron chi connectivity index (χ2n) is 6.37. The lowest BCUT2D eigenvalue weighted by molar-refractivity contribution is -0.128. The van der Waals surface area contributed by atoms with E-state index in [-0.39, 0.29) is 24.6 Å². The van der Waals surface area contributed by atoms with Crippen LogP contribution in [0.5, 0.6) is 0 Å². The van der Waals surface area contributed by atoms with Gasteiger partial charge in [0.1, 0.15) is 6.04 Å². The number of nitrogens with zero attached hydrogens (tertiary/aromatic N) is 3. The highest BCUT2D eigenvalue weighted by molar-refractivity contribution is 5.78. The SMILES string of the molecule is Cc1noc([C@@H]2[C@@H](C)OCCN2CC(=O)NCc2ccccc2C)n1. The molecule has 1 saturated heterocycles. The van der Waals surface area contributed by atoms with Crippen LogP contribution in [0.1, 0.15) is 35.8 Å². The molecule has 134 valence electrons. The topological polar surface area (TPSA) is 80.5 Å². The molecule has 1 N–H and O–H groups in total. The maximum absolute atomic E-state index is 12.4. The van der Waals surface area contributed by atoms with Crippen LogP contribution in [0.4, 0.5) is 0 Å². The monoisotopic (exact) mass is 344 g/mol. The number of rotatable bonds is 5. The molecular formula is C18H24N4O3. The fraction of sp³-hybridized carbons (Fsp3) is 0.500. The highest BCUT2D eigenvalue weighted by Gasteiger charge is 2.35. The van der Waals surface area contributed by atoms with Gasteiger partial charge in [-0.2, -0.15) is 4.98 Å². The fourth-order valence-corrected chi connectivity index (χ4v) is 3.09. The lowest BCUT2D eigenvalue weighted by atomic mass is 10.1. The number of aryl methyl sites for hydroxylation is 2. The number of amides is 1. The summed E-state index contributed by atoms with van der Waals surface area (Å²) in [5.74, 6) is 1.05. The van der Waals surface area contributed by atoms with Crippen LogP contribution in [0.15, 0.2) is 28.8 Å². The standard InChI is InChI=1S/C18H24N4O3/c1-12-6-4-5-7-15(12)10-19-16(23)11-22-8-9-24-13(2)17(22)18-20-14(3)21-25-18/h4-7,13,17H,8-11H2,1-3H3,(H,19,23)/t13-,17+/m1/s1. The minimum Gasteiger partial charge on any atom is -0.375 e. The summed E-state index contributed by atoms with van der Waals surface area (Å²) < 4.78 is 11.0. The second-order valence-corrected chi connectivity index (χ2v) is 6.37. The summed E-state index contributed by atoms with van der Waals surface area (Å²) >= 11 is 0. The third-order valence-electron chi connectivity index (χ3n) is 4.48. The third kappa shape index (κ3) is 4.24. The van der Waals surface area contributed by atoms with Crippen molar-refractivity contribution < 1.29 is 14.1 Å². The van der Waals surface area contributed by atoms with Gasteiger partial charge >= 0.3 is 0 Å². The van der Waals surface area contributed by atoms with Gasteiger partial charge in [-0.05, 0) is 31.9 Å². The Morgan fingerprint density at radius 3 is 2.88 bits per heavy atom. The van der Waals surface area contributed by atoms with Crippen molar-refractivity contribution in [3.63, 3.8) is 0 Å². The second kappa shape index (κ2) is 7.76. The Balaban J connectivity index is 1.63. The lowest BCUT2D eigenvalue weighted by Crippen LogP contribution is -2.48. The molecule has 0 saturated carbocycles. The molecule has 0 radical (unpaired) electrons. The largest absolute Gasteiger partial charge is 0.375 e. The van der Waals surface area contributed by atoms with Crippen molar-refractivity contribution in [2.45, 2.75) is 39.5 Å². The molecule has 25 heavy (non-hydrogen) atoms. The normalized spacial score (nSPS) is 21.2. The molecule has 7 heteroatoms. The minimum atomic E-state index is -0.209. The Morgan fingerprint density at radius 1 is 1.36 bits per heavy atom. The Hall–Kier alpha value is -2.25. The van der Waals surface area contributed by atoms with Crippen molar-refractivity contribution >= 4 is 5.91 Å². The van der Waals surface area contributed by atoms with Crippen molar-refractivity contribution in [3.05, 3.63) is 47.1 Å². The van der Waals surface area contributed by atoms with E-state index in [1.54, 1.807) is 6.92 Å². The van der Waals surface area contributed by atoms with Gasteiger partial charge in [-0.3, -0.25) is 9.69 Å².